The monoisotopic (exact) mass is 191 g/mol. The molecule has 0 unspecified atom stereocenters. The summed E-state index contributed by atoms with van der Waals surface area (Å²) in [5, 5.41) is 26.2. The van der Waals surface area contributed by atoms with Crippen molar-refractivity contribution in [3.05, 3.63) is 30.1 Å². The van der Waals surface area contributed by atoms with Crippen molar-refractivity contribution in [1.82, 2.24) is 0 Å². The van der Waals surface area contributed by atoms with Crippen LogP contribution in [-0.4, -0.2) is 6.15 Å². The van der Waals surface area contributed by atoms with Gasteiger partial charge in [-0.05, 0) is 12.1 Å². The van der Waals surface area contributed by atoms with Gasteiger partial charge >= 0.3 is 25.0 Å². The quantitative estimate of drug-likeness (QED) is 0.467. The summed E-state index contributed by atoms with van der Waals surface area (Å²) in [7, 11) is 0. The van der Waals surface area contributed by atoms with Crippen molar-refractivity contribution >= 4 is 11.6 Å². The number of hydrogen-bond acceptors (Lipinski definition) is 3. The van der Waals surface area contributed by atoms with Crippen LogP contribution in [0.25, 0.3) is 0 Å². The molecule has 0 N–H and O–H groups in total. The minimum atomic E-state index is -2.53. The first-order valence-electron chi connectivity index (χ1n) is 3.84. The van der Waals surface area contributed by atoms with E-state index in [2.05, 4.69) is 0 Å². The second kappa shape index (κ2) is 5.23. The largest absolute Gasteiger partial charge is 1.00 e. The van der Waals surface area contributed by atoms with Gasteiger partial charge in [-0.1, -0.05) is 12.1 Å². The Bertz CT molecular complexity index is 430. The predicted molar refractivity (Wildman–Crippen MR) is 48.6 cm³/mol. The zero-order chi connectivity index (χ0) is 10.6. The molecule has 0 saturated carbocycles. The fourth-order valence-electron chi connectivity index (χ4n) is 1.06. The van der Waals surface area contributed by atoms with Crippen LogP contribution in [0.5, 0.6) is 0 Å². The molecule has 0 saturated heterocycles. The average molecular weight is 191 g/mol. The summed E-state index contributed by atoms with van der Waals surface area (Å²) in [5.74, 6) is 4.54. The third-order valence-electron chi connectivity index (χ3n) is 1.95. The number of halogens is 1. The van der Waals surface area contributed by atoms with E-state index in [9.17, 15) is 4.39 Å². The standard InChI is InChI=1S/C9H4BFN3.Li/c11-9-3-1-8(2-4-9)10(5-12,6-13)7-14;/h1-4H;/q-1;+1. The molecule has 0 amide bonds. The minimum absolute atomic E-state index is 0. The molecule has 0 spiro atoms. The molecule has 0 aliphatic carbocycles. The van der Waals surface area contributed by atoms with Crippen molar-refractivity contribution < 1.29 is 23.3 Å². The fraction of sp³-hybridized carbons (Fsp3) is 0. The topological polar surface area (TPSA) is 71.4 Å². The number of nitriles is 3. The molecule has 0 bridgehead atoms. The van der Waals surface area contributed by atoms with Gasteiger partial charge in [0.25, 0.3) is 0 Å². The van der Waals surface area contributed by atoms with Gasteiger partial charge in [0.2, 0.25) is 0 Å². The van der Waals surface area contributed by atoms with E-state index < -0.39 is 12.0 Å². The SMILES string of the molecule is N#C[B-](C#N)(C#N)c1ccc(F)cc1.[Li+]. The summed E-state index contributed by atoms with van der Waals surface area (Å²) >= 11 is 0. The van der Waals surface area contributed by atoms with Crippen LogP contribution in [0.1, 0.15) is 0 Å². The Hall–Kier alpha value is -1.72. The maximum Gasteiger partial charge on any atom is 1.00 e. The van der Waals surface area contributed by atoms with E-state index in [4.69, 9.17) is 15.8 Å². The van der Waals surface area contributed by atoms with Crippen molar-refractivity contribution in [2.75, 3.05) is 0 Å². The van der Waals surface area contributed by atoms with E-state index >= 15 is 0 Å². The first kappa shape index (κ1) is 13.3. The number of benzene rings is 1. The van der Waals surface area contributed by atoms with Crippen LogP contribution in [0.15, 0.2) is 24.3 Å². The summed E-state index contributed by atoms with van der Waals surface area (Å²) in [6.45, 7) is 0. The third-order valence-corrected chi connectivity index (χ3v) is 1.95. The van der Waals surface area contributed by atoms with Crippen LogP contribution < -0.4 is 24.3 Å². The van der Waals surface area contributed by atoms with E-state index in [0.717, 1.165) is 12.1 Å². The van der Waals surface area contributed by atoms with Gasteiger partial charge < -0.3 is 0 Å². The first-order valence-corrected chi connectivity index (χ1v) is 3.84. The van der Waals surface area contributed by atoms with E-state index in [0.29, 0.717) is 0 Å². The van der Waals surface area contributed by atoms with Crippen LogP contribution in [0.3, 0.4) is 0 Å². The van der Waals surface area contributed by atoms with Crippen molar-refractivity contribution in [2.24, 2.45) is 0 Å². The summed E-state index contributed by atoms with van der Waals surface area (Å²) in [6.07, 6.45) is -2.53. The molecule has 15 heavy (non-hydrogen) atoms. The van der Waals surface area contributed by atoms with Gasteiger partial charge in [-0.15, -0.1) is 17.9 Å². The van der Waals surface area contributed by atoms with Crippen LogP contribution >= 0.6 is 0 Å². The van der Waals surface area contributed by atoms with Crippen LogP contribution in [-0.2, 0) is 0 Å². The summed E-state index contributed by atoms with van der Waals surface area (Å²) in [6, 6.07) is 4.81. The Morgan fingerprint density at radius 1 is 0.933 bits per heavy atom. The molecule has 66 valence electrons. The third kappa shape index (κ3) is 2.40. The molecule has 6 heteroatoms. The summed E-state index contributed by atoms with van der Waals surface area (Å²) in [5.41, 5.74) is 0.249. The Labute approximate surface area is 98.8 Å². The van der Waals surface area contributed by atoms with Gasteiger partial charge in [0.05, 0.1) is 0 Å². The van der Waals surface area contributed by atoms with Gasteiger partial charge in [-0.2, -0.15) is 5.46 Å². The molecule has 0 fully saturated rings. The first-order chi connectivity index (χ1) is 6.68. The second-order valence-corrected chi connectivity index (χ2v) is 2.80. The molecular formula is C9H4BFLiN3. The Balaban J connectivity index is 0.00000196. The summed E-state index contributed by atoms with van der Waals surface area (Å²) < 4.78 is 12.5. The van der Waals surface area contributed by atoms with Gasteiger partial charge in [-0.25, -0.2) is 20.2 Å². The van der Waals surface area contributed by atoms with Crippen LogP contribution in [0.2, 0.25) is 0 Å². The van der Waals surface area contributed by atoms with Gasteiger partial charge in [0.1, 0.15) is 5.82 Å². The number of rotatable bonds is 1. The fourth-order valence-corrected chi connectivity index (χ4v) is 1.06. The van der Waals surface area contributed by atoms with Gasteiger partial charge in [-0.3, -0.25) is 0 Å². The minimum Gasteiger partial charge on any atom is -0.246 e. The van der Waals surface area contributed by atoms with E-state index in [1.54, 1.807) is 17.9 Å². The zero-order valence-electron chi connectivity index (χ0n) is 8.11. The predicted octanol–water partition coefficient (Wildman–Crippen LogP) is -2.33. The molecule has 0 radical (unpaired) electrons. The molecule has 3 nitrogen and oxygen atoms in total. The Morgan fingerprint density at radius 2 is 1.33 bits per heavy atom. The maximum atomic E-state index is 12.5. The Morgan fingerprint density at radius 3 is 1.67 bits per heavy atom. The smallest absolute Gasteiger partial charge is 0.246 e. The molecule has 0 atom stereocenters. The molecular weight excluding hydrogens is 187 g/mol. The van der Waals surface area contributed by atoms with Crippen LogP contribution in [0.4, 0.5) is 4.39 Å². The van der Waals surface area contributed by atoms with Crippen molar-refractivity contribution in [3.63, 3.8) is 0 Å². The van der Waals surface area contributed by atoms with Crippen molar-refractivity contribution in [3.8, 4) is 17.9 Å². The summed E-state index contributed by atoms with van der Waals surface area (Å²) in [4.78, 5) is 0. The molecule has 1 aromatic carbocycles. The van der Waals surface area contributed by atoms with Crippen LogP contribution in [0, 0.1) is 39.5 Å². The molecule has 0 aromatic heterocycles. The van der Waals surface area contributed by atoms with E-state index in [-0.39, 0.29) is 24.3 Å². The molecule has 0 heterocycles. The number of nitrogens with zero attached hydrogens (tertiary/aromatic N) is 3. The van der Waals surface area contributed by atoms with Gasteiger partial charge in [0.15, 0.2) is 0 Å². The van der Waals surface area contributed by atoms with Crippen molar-refractivity contribution in [2.45, 2.75) is 0 Å². The maximum absolute atomic E-state index is 12.5. The second-order valence-electron chi connectivity index (χ2n) is 2.80. The Kier molecular flexibility index (Phi) is 4.64. The normalized spacial score (nSPS) is 8.93. The van der Waals surface area contributed by atoms with E-state index in [1.165, 1.54) is 12.1 Å². The molecule has 1 aromatic rings. The zero-order valence-corrected chi connectivity index (χ0v) is 8.11. The van der Waals surface area contributed by atoms with E-state index in [1.807, 2.05) is 0 Å². The molecule has 0 aliphatic rings. The average Bonchev–Trinajstić information content (AvgIpc) is 2.24. The number of hydrogen-bond donors (Lipinski definition) is 0. The molecule has 0 aliphatic heterocycles. The van der Waals surface area contributed by atoms with Crippen molar-refractivity contribution in [1.29, 1.82) is 15.8 Å². The van der Waals surface area contributed by atoms with Gasteiger partial charge in [0, 0.05) is 0 Å². The molecule has 1 rings (SSSR count).